The van der Waals surface area contributed by atoms with Crippen molar-refractivity contribution in [2.75, 3.05) is 23.7 Å². The van der Waals surface area contributed by atoms with E-state index in [2.05, 4.69) is 5.32 Å². The number of hydrogen-bond acceptors (Lipinski definition) is 5. The number of nitrogens with one attached hydrogen (secondary N) is 1. The number of amides is 2. The fourth-order valence-electron chi connectivity index (χ4n) is 4.13. The summed E-state index contributed by atoms with van der Waals surface area (Å²) >= 11 is 0. The van der Waals surface area contributed by atoms with Crippen molar-refractivity contribution >= 4 is 33.3 Å². The average Bonchev–Trinajstić information content (AvgIpc) is 2.90. The highest BCUT2D eigenvalue weighted by Gasteiger charge is 2.33. The van der Waals surface area contributed by atoms with Crippen LogP contribution in [0.2, 0.25) is 0 Å². The number of carbonyl (C=O) groups is 3. The van der Waals surface area contributed by atoms with Gasteiger partial charge in [0.25, 0.3) is 0 Å². The van der Waals surface area contributed by atoms with Gasteiger partial charge in [0.05, 0.1) is 11.9 Å². The monoisotopic (exact) mass is 553 g/mol. The molecule has 0 saturated heterocycles. The zero-order valence-corrected chi connectivity index (χ0v) is 22.9. The maximum atomic E-state index is 13.9. The lowest BCUT2D eigenvalue weighted by Gasteiger charge is -2.33. The molecule has 0 radical (unpaired) electrons. The molecule has 0 bridgehead atoms. The maximum Gasteiger partial charge on any atom is 0.244 e. The van der Waals surface area contributed by atoms with Gasteiger partial charge in [0.2, 0.25) is 21.8 Å². The second-order valence-corrected chi connectivity index (χ2v) is 11.0. The molecular formula is C29H32FN3O5S. The van der Waals surface area contributed by atoms with Gasteiger partial charge in [-0.1, -0.05) is 54.6 Å². The van der Waals surface area contributed by atoms with Crippen LogP contribution in [0.25, 0.3) is 0 Å². The summed E-state index contributed by atoms with van der Waals surface area (Å²) in [6.45, 7) is 2.79. The Morgan fingerprint density at radius 2 is 1.59 bits per heavy atom. The largest absolute Gasteiger partial charge is 0.355 e. The van der Waals surface area contributed by atoms with Gasteiger partial charge in [0.15, 0.2) is 5.78 Å². The van der Waals surface area contributed by atoms with Crippen LogP contribution in [0.4, 0.5) is 10.1 Å². The highest BCUT2D eigenvalue weighted by atomic mass is 32.2. The first-order valence-electron chi connectivity index (χ1n) is 12.4. The molecule has 206 valence electrons. The number of likely N-dealkylation sites (N-methyl/N-ethyl adjacent to an activating group) is 1. The number of rotatable bonds is 12. The molecule has 1 atom stereocenters. The van der Waals surface area contributed by atoms with Crippen molar-refractivity contribution < 1.29 is 27.2 Å². The number of Topliss-reactive ketones (excluding diaryl/α,β-unsaturated/α-hetero) is 1. The molecule has 1 unspecified atom stereocenters. The van der Waals surface area contributed by atoms with Gasteiger partial charge < -0.3 is 10.2 Å². The Kier molecular flexibility index (Phi) is 9.95. The van der Waals surface area contributed by atoms with Crippen LogP contribution >= 0.6 is 0 Å². The Bertz CT molecular complexity index is 1410. The van der Waals surface area contributed by atoms with Crippen LogP contribution < -0.4 is 9.62 Å². The summed E-state index contributed by atoms with van der Waals surface area (Å²) in [7, 11) is -3.96. The highest BCUT2D eigenvalue weighted by Crippen LogP contribution is 2.22. The topological polar surface area (TPSA) is 104 Å². The number of ketones is 1. The molecule has 0 aliphatic carbocycles. The smallest absolute Gasteiger partial charge is 0.244 e. The number of anilines is 1. The molecule has 39 heavy (non-hydrogen) atoms. The summed E-state index contributed by atoms with van der Waals surface area (Å²) in [6.07, 6.45) is 1.15. The van der Waals surface area contributed by atoms with Crippen molar-refractivity contribution in [3.8, 4) is 0 Å². The van der Waals surface area contributed by atoms with Crippen LogP contribution in [0, 0.1) is 5.82 Å². The van der Waals surface area contributed by atoms with E-state index in [1.54, 1.807) is 13.0 Å². The highest BCUT2D eigenvalue weighted by molar-refractivity contribution is 7.92. The number of nitrogens with zero attached hydrogens (tertiary/aromatic N) is 2. The Morgan fingerprint density at radius 1 is 0.923 bits per heavy atom. The lowest BCUT2D eigenvalue weighted by atomic mass is 10.0. The first-order valence-corrected chi connectivity index (χ1v) is 14.3. The van der Waals surface area contributed by atoms with E-state index in [4.69, 9.17) is 0 Å². The Hall–Kier alpha value is -4.05. The van der Waals surface area contributed by atoms with Crippen LogP contribution in [0.3, 0.4) is 0 Å². The zero-order chi connectivity index (χ0) is 28.6. The summed E-state index contributed by atoms with van der Waals surface area (Å²) < 4.78 is 40.1. The minimum atomic E-state index is -3.96. The van der Waals surface area contributed by atoms with E-state index in [1.165, 1.54) is 54.3 Å². The number of benzene rings is 3. The van der Waals surface area contributed by atoms with E-state index in [9.17, 15) is 27.2 Å². The normalized spacial score (nSPS) is 11.9. The minimum absolute atomic E-state index is 0.0567. The molecule has 3 aromatic rings. The van der Waals surface area contributed by atoms with Crippen LogP contribution in [-0.4, -0.2) is 56.3 Å². The van der Waals surface area contributed by atoms with E-state index >= 15 is 0 Å². The lowest BCUT2D eigenvalue weighted by molar-refractivity contribution is -0.140. The van der Waals surface area contributed by atoms with Gasteiger partial charge >= 0.3 is 0 Å². The molecule has 0 aliphatic rings. The molecule has 0 fully saturated rings. The first-order chi connectivity index (χ1) is 18.5. The third-order valence-corrected chi connectivity index (χ3v) is 7.25. The summed E-state index contributed by atoms with van der Waals surface area (Å²) in [5.74, 6) is -1.74. The van der Waals surface area contributed by atoms with Crippen molar-refractivity contribution in [2.45, 2.75) is 32.9 Å². The van der Waals surface area contributed by atoms with Crippen molar-refractivity contribution in [1.29, 1.82) is 0 Å². The molecule has 0 saturated carbocycles. The van der Waals surface area contributed by atoms with Gasteiger partial charge in [-0.3, -0.25) is 18.7 Å². The van der Waals surface area contributed by atoms with Crippen molar-refractivity contribution in [1.82, 2.24) is 10.2 Å². The van der Waals surface area contributed by atoms with Crippen molar-refractivity contribution in [3.05, 3.63) is 101 Å². The third kappa shape index (κ3) is 8.22. The number of halogens is 1. The molecule has 0 aliphatic heterocycles. The number of carbonyl (C=O) groups excluding carboxylic acids is 3. The minimum Gasteiger partial charge on any atom is -0.355 e. The predicted octanol–water partition coefficient (Wildman–Crippen LogP) is 3.57. The predicted molar refractivity (Wildman–Crippen MR) is 148 cm³/mol. The van der Waals surface area contributed by atoms with Crippen molar-refractivity contribution in [3.63, 3.8) is 0 Å². The van der Waals surface area contributed by atoms with E-state index in [0.29, 0.717) is 17.7 Å². The fraction of sp³-hybridized carbons (Fsp3) is 0.276. The lowest BCUT2D eigenvalue weighted by Crippen LogP contribution is -2.53. The Balaban J connectivity index is 2.05. The van der Waals surface area contributed by atoms with Gasteiger partial charge in [-0.25, -0.2) is 12.8 Å². The summed E-state index contributed by atoms with van der Waals surface area (Å²) in [4.78, 5) is 40.4. The quantitative estimate of drug-likeness (QED) is 0.346. The van der Waals surface area contributed by atoms with E-state index < -0.39 is 40.2 Å². The summed E-state index contributed by atoms with van der Waals surface area (Å²) in [6, 6.07) is 19.7. The van der Waals surface area contributed by atoms with E-state index in [-0.39, 0.29) is 24.4 Å². The molecule has 0 aromatic heterocycles. The fourth-order valence-corrected chi connectivity index (χ4v) is 4.97. The molecule has 3 aromatic carbocycles. The van der Waals surface area contributed by atoms with Gasteiger partial charge in [-0.05, 0) is 49.2 Å². The van der Waals surface area contributed by atoms with Crippen LogP contribution in [0.1, 0.15) is 35.3 Å². The second kappa shape index (κ2) is 13.1. The van der Waals surface area contributed by atoms with Gasteiger partial charge in [0.1, 0.15) is 18.4 Å². The van der Waals surface area contributed by atoms with Gasteiger partial charge in [0, 0.05) is 25.1 Å². The van der Waals surface area contributed by atoms with E-state index in [0.717, 1.165) is 16.1 Å². The molecule has 3 rings (SSSR count). The molecule has 8 nitrogen and oxygen atoms in total. The second-order valence-electron chi connectivity index (χ2n) is 9.12. The molecule has 0 heterocycles. The van der Waals surface area contributed by atoms with Gasteiger partial charge in [-0.2, -0.15) is 0 Å². The standard InChI is InChI=1S/C29H32FN3O5S/c1-4-31-29(36)27(17-22-9-6-5-7-10-22)32(19-23-13-15-25(30)16-14-23)28(35)20-33(39(3,37)38)26-12-8-11-24(18-26)21(2)34/h5-16,18,27H,4,17,19-20H2,1-3H3,(H,31,36). The number of hydrogen-bond donors (Lipinski definition) is 1. The third-order valence-electron chi connectivity index (χ3n) is 6.11. The molecule has 0 spiro atoms. The first kappa shape index (κ1) is 29.5. The van der Waals surface area contributed by atoms with Crippen LogP contribution in [0.5, 0.6) is 0 Å². The van der Waals surface area contributed by atoms with Crippen molar-refractivity contribution in [2.24, 2.45) is 0 Å². The average molecular weight is 554 g/mol. The number of sulfonamides is 1. The molecule has 10 heteroatoms. The van der Waals surface area contributed by atoms with Crippen LogP contribution in [0.15, 0.2) is 78.9 Å². The van der Waals surface area contributed by atoms with E-state index in [1.807, 2.05) is 30.3 Å². The zero-order valence-electron chi connectivity index (χ0n) is 22.1. The molecule has 2 amide bonds. The molecular weight excluding hydrogens is 521 g/mol. The summed E-state index contributed by atoms with van der Waals surface area (Å²) in [5, 5.41) is 2.77. The maximum absolute atomic E-state index is 13.9. The Morgan fingerprint density at radius 3 is 2.18 bits per heavy atom. The molecule has 1 N–H and O–H groups in total. The SMILES string of the molecule is CCNC(=O)C(Cc1ccccc1)N(Cc1ccc(F)cc1)C(=O)CN(c1cccc(C(C)=O)c1)S(C)(=O)=O. The Labute approximate surface area is 228 Å². The van der Waals surface area contributed by atoms with Gasteiger partial charge in [-0.15, -0.1) is 0 Å². The van der Waals surface area contributed by atoms with Crippen LogP contribution in [-0.2, 0) is 32.6 Å². The summed E-state index contributed by atoms with van der Waals surface area (Å²) in [5.41, 5.74) is 1.82.